The van der Waals surface area contributed by atoms with Gasteiger partial charge in [-0.25, -0.2) is 8.78 Å². The van der Waals surface area contributed by atoms with Crippen LogP contribution in [-0.2, 0) is 17.8 Å². The molecule has 3 rings (SSSR count). The van der Waals surface area contributed by atoms with Crippen molar-refractivity contribution in [1.82, 2.24) is 10.6 Å². The summed E-state index contributed by atoms with van der Waals surface area (Å²) in [5.41, 5.74) is 2.02. The summed E-state index contributed by atoms with van der Waals surface area (Å²) in [6.07, 6.45) is 0.199. The number of hydrogen-bond acceptors (Lipinski definition) is 5. The number of aliphatic hydroxyl groups excluding tert-OH is 1. The summed E-state index contributed by atoms with van der Waals surface area (Å²) in [4.78, 5) is 15.0. The van der Waals surface area contributed by atoms with Crippen molar-refractivity contribution in [2.75, 3.05) is 19.1 Å². The Kier molecular flexibility index (Phi) is 7.02. The molecule has 0 radical (unpaired) electrons. The summed E-state index contributed by atoms with van der Waals surface area (Å²) in [6.45, 7) is 1.81. The van der Waals surface area contributed by atoms with Crippen molar-refractivity contribution in [2.45, 2.75) is 44.6 Å². The molecular formula is C22H27F2N3O3. The third-order valence-corrected chi connectivity index (χ3v) is 5.50. The van der Waals surface area contributed by atoms with Crippen molar-refractivity contribution < 1.29 is 23.4 Å². The Balaban J connectivity index is 1.97. The highest BCUT2D eigenvalue weighted by Crippen LogP contribution is 2.31. The number of rotatable bonds is 7. The second-order valence-corrected chi connectivity index (χ2v) is 7.41. The van der Waals surface area contributed by atoms with Crippen molar-refractivity contribution in [3.05, 3.63) is 59.2 Å². The summed E-state index contributed by atoms with van der Waals surface area (Å²) in [6, 6.07) is 8.62. The molecule has 162 valence electrons. The van der Waals surface area contributed by atoms with Crippen LogP contribution >= 0.6 is 0 Å². The number of ether oxygens (including phenoxy) is 1. The summed E-state index contributed by atoms with van der Waals surface area (Å²) in [7, 11) is 3.09. The monoisotopic (exact) mass is 419 g/mol. The van der Waals surface area contributed by atoms with Crippen LogP contribution in [0.1, 0.15) is 24.5 Å². The smallest absolute Gasteiger partial charge is 0.244 e. The molecule has 30 heavy (non-hydrogen) atoms. The average molecular weight is 419 g/mol. The Labute approximate surface area is 174 Å². The number of benzene rings is 2. The van der Waals surface area contributed by atoms with Crippen molar-refractivity contribution in [1.29, 1.82) is 0 Å². The van der Waals surface area contributed by atoms with Gasteiger partial charge in [0.2, 0.25) is 5.91 Å². The number of carbonyl (C=O) groups excluding carboxylic acids is 1. The maximum absolute atomic E-state index is 13.9. The van der Waals surface area contributed by atoms with Gasteiger partial charge in [0.1, 0.15) is 12.0 Å². The summed E-state index contributed by atoms with van der Waals surface area (Å²) >= 11 is 0. The van der Waals surface area contributed by atoms with Crippen LogP contribution in [0.4, 0.5) is 14.5 Å². The lowest BCUT2D eigenvalue weighted by molar-refractivity contribution is -0.121. The molecule has 0 fully saturated rings. The highest BCUT2D eigenvalue weighted by Gasteiger charge is 2.32. The maximum atomic E-state index is 13.9. The molecule has 6 nitrogen and oxygen atoms in total. The van der Waals surface area contributed by atoms with Crippen LogP contribution in [0.2, 0.25) is 0 Å². The number of hydrogen-bond donors (Lipinski definition) is 3. The quantitative estimate of drug-likeness (QED) is 0.601. The van der Waals surface area contributed by atoms with Crippen LogP contribution in [0.25, 0.3) is 0 Å². The fourth-order valence-corrected chi connectivity index (χ4v) is 3.60. The number of fused-ring (bicyclic) bond motifs is 1. The van der Waals surface area contributed by atoms with Crippen LogP contribution in [0.3, 0.4) is 0 Å². The lowest BCUT2D eigenvalue weighted by Gasteiger charge is -2.29. The number of aryl methyl sites for hydroxylation is 1. The van der Waals surface area contributed by atoms with Crippen LogP contribution < -0.4 is 20.3 Å². The first kappa shape index (κ1) is 22.1. The number of para-hydroxylation sites is 1. The van der Waals surface area contributed by atoms with Gasteiger partial charge in [0, 0.05) is 23.4 Å². The van der Waals surface area contributed by atoms with Crippen molar-refractivity contribution in [3.8, 4) is 5.75 Å². The first-order valence-corrected chi connectivity index (χ1v) is 9.88. The minimum Gasteiger partial charge on any atom is -0.496 e. The van der Waals surface area contributed by atoms with E-state index >= 15 is 0 Å². The highest BCUT2D eigenvalue weighted by molar-refractivity contribution is 5.98. The van der Waals surface area contributed by atoms with Gasteiger partial charge in [-0.15, -0.1) is 0 Å². The first-order valence-electron chi connectivity index (χ1n) is 9.88. The SMILES string of the molecule is CN[C@@H](C)C(O)N[C@H]1CCc2ccccc2N(Cc2cc(F)c(F)cc2OC)C1=O. The van der Waals surface area contributed by atoms with E-state index in [1.807, 2.05) is 24.3 Å². The van der Waals surface area contributed by atoms with Gasteiger partial charge in [0.15, 0.2) is 11.6 Å². The minimum absolute atomic E-state index is 0.00603. The van der Waals surface area contributed by atoms with Crippen molar-refractivity contribution in [2.24, 2.45) is 0 Å². The number of nitrogens with zero attached hydrogens (tertiary/aromatic N) is 1. The number of nitrogens with one attached hydrogen (secondary N) is 2. The molecule has 1 aliphatic heterocycles. The maximum Gasteiger partial charge on any atom is 0.244 e. The minimum atomic E-state index is -1.01. The predicted molar refractivity (Wildman–Crippen MR) is 110 cm³/mol. The van der Waals surface area contributed by atoms with E-state index in [0.29, 0.717) is 24.1 Å². The number of likely N-dealkylation sites (N-methyl/N-ethyl adjacent to an activating group) is 1. The normalized spacial score (nSPS) is 18.5. The average Bonchev–Trinajstić information content (AvgIpc) is 2.87. The van der Waals surface area contributed by atoms with Gasteiger partial charge < -0.3 is 20.1 Å². The summed E-state index contributed by atoms with van der Waals surface area (Å²) in [5, 5.41) is 16.3. The van der Waals surface area contributed by atoms with E-state index in [1.54, 1.807) is 14.0 Å². The van der Waals surface area contributed by atoms with Gasteiger partial charge in [0.05, 0.1) is 19.7 Å². The second-order valence-electron chi connectivity index (χ2n) is 7.41. The zero-order chi connectivity index (χ0) is 21.8. The fraction of sp³-hybridized carbons (Fsp3) is 0.409. The number of carbonyl (C=O) groups is 1. The molecule has 2 aromatic rings. The Morgan fingerprint density at radius 3 is 2.67 bits per heavy atom. The van der Waals surface area contributed by atoms with E-state index < -0.39 is 23.9 Å². The molecule has 8 heteroatoms. The largest absolute Gasteiger partial charge is 0.496 e. The molecule has 0 bridgehead atoms. The Hall–Kier alpha value is -2.55. The third-order valence-electron chi connectivity index (χ3n) is 5.50. The van der Waals surface area contributed by atoms with Gasteiger partial charge in [-0.3, -0.25) is 10.1 Å². The molecule has 1 unspecified atom stereocenters. The molecule has 2 aromatic carbocycles. The molecule has 0 spiro atoms. The first-order chi connectivity index (χ1) is 14.3. The molecule has 0 saturated heterocycles. The van der Waals surface area contributed by atoms with Crippen LogP contribution in [-0.4, -0.2) is 43.5 Å². The van der Waals surface area contributed by atoms with Crippen LogP contribution in [0.15, 0.2) is 36.4 Å². The topological polar surface area (TPSA) is 73.8 Å². The van der Waals surface area contributed by atoms with Gasteiger partial charge in [-0.05, 0) is 44.5 Å². The molecule has 1 heterocycles. The van der Waals surface area contributed by atoms with Gasteiger partial charge in [-0.1, -0.05) is 18.2 Å². The second kappa shape index (κ2) is 9.51. The number of methoxy groups -OCH3 is 1. The molecule has 1 amide bonds. The van der Waals surface area contributed by atoms with Gasteiger partial charge in [-0.2, -0.15) is 0 Å². The Bertz CT molecular complexity index is 909. The summed E-state index contributed by atoms with van der Waals surface area (Å²) < 4.78 is 32.8. The van der Waals surface area contributed by atoms with Gasteiger partial charge >= 0.3 is 0 Å². The molecule has 0 saturated carbocycles. The third kappa shape index (κ3) is 4.61. The molecular weight excluding hydrogens is 392 g/mol. The molecule has 1 aliphatic rings. The Morgan fingerprint density at radius 2 is 1.97 bits per heavy atom. The van der Waals surface area contributed by atoms with Crippen molar-refractivity contribution >= 4 is 11.6 Å². The zero-order valence-electron chi connectivity index (χ0n) is 17.3. The molecule has 0 aliphatic carbocycles. The Morgan fingerprint density at radius 1 is 1.27 bits per heavy atom. The van der Waals surface area contributed by atoms with Gasteiger partial charge in [0.25, 0.3) is 0 Å². The van der Waals surface area contributed by atoms with E-state index in [-0.39, 0.29) is 24.2 Å². The standard InChI is InChI=1S/C22H27F2N3O3/c1-13(25-2)21(28)26-18-9-8-14-6-4-5-7-19(14)27(22(18)29)12-15-10-16(23)17(24)11-20(15)30-3/h4-7,10-11,13,18,21,25-26,28H,8-9,12H2,1-3H3/t13-,18-,21?/m0/s1. The predicted octanol–water partition coefficient (Wildman–Crippen LogP) is 2.34. The number of halogens is 2. The lowest BCUT2D eigenvalue weighted by atomic mass is 10.1. The van der Waals surface area contributed by atoms with E-state index in [9.17, 15) is 18.7 Å². The van der Waals surface area contributed by atoms with E-state index in [2.05, 4.69) is 10.6 Å². The molecule has 0 aromatic heterocycles. The number of amides is 1. The van der Waals surface area contributed by atoms with E-state index in [1.165, 1.54) is 12.0 Å². The van der Waals surface area contributed by atoms with E-state index in [0.717, 1.165) is 17.7 Å². The molecule has 3 N–H and O–H groups in total. The zero-order valence-corrected chi connectivity index (χ0v) is 17.3. The molecule has 3 atom stereocenters. The van der Waals surface area contributed by atoms with Crippen LogP contribution in [0.5, 0.6) is 5.75 Å². The number of anilines is 1. The summed E-state index contributed by atoms with van der Waals surface area (Å²) in [5.74, 6) is -2.11. The van der Waals surface area contributed by atoms with E-state index in [4.69, 9.17) is 4.74 Å². The fourth-order valence-electron chi connectivity index (χ4n) is 3.60. The highest BCUT2D eigenvalue weighted by atomic mass is 19.2. The lowest BCUT2D eigenvalue weighted by Crippen LogP contribution is -2.54. The van der Waals surface area contributed by atoms with Crippen molar-refractivity contribution in [3.63, 3.8) is 0 Å². The number of aliphatic hydroxyl groups is 1. The van der Waals surface area contributed by atoms with Crippen LogP contribution in [0, 0.1) is 11.6 Å².